The lowest BCUT2D eigenvalue weighted by atomic mass is 10.1. The first kappa shape index (κ1) is 17.7. The molecule has 2 aromatic rings. The Hall–Kier alpha value is -3.13. The molecule has 2 aromatic carbocycles. The highest BCUT2D eigenvalue weighted by Gasteiger charge is 2.30. The van der Waals surface area contributed by atoms with Crippen LogP contribution in [0.1, 0.15) is 27.9 Å². The van der Waals surface area contributed by atoms with Crippen molar-refractivity contribution in [1.82, 2.24) is 4.90 Å². The topological polar surface area (TPSA) is 70.4 Å². The van der Waals surface area contributed by atoms with Crippen molar-refractivity contribution in [2.24, 2.45) is 5.92 Å². The van der Waals surface area contributed by atoms with E-state index in [-0.39, 0.29) is 24.9 Å². The predicted octanol–water partition coefficient (Wildman–Crippen LogP) is 2.96. The van der Waals surface area contributed by atoms with Crippen molar-refractivity contribution >= 4 is 11.9 Å². The molecular formula is C21H20N2O3. The van der Waals surface area contributed by atoms with Gasteiger partial charge in [-0.25, -0.2) is 4.79 Å². The lowest BCUT2D eigenvalue weighted by molar-refractivity contribution is -0.128. The highest BCUT2D eigenvalue weighted by Crippen LogP contribution is 2.21. The van der Waals surface area contributed by atoms with E-state index in [1.807, 2.05) is 30.3 Å². The highest BCUT2D eigenvalue weighted by atomic mass is 16.5. The second-order valence-corrected chi connectivity index (χ2v) is 6.46. The van der Waals surface area contributed by atoms with E-state index in [4.69, 9.17) is 10.00 Å². The number of nitriles is 1. The van der Waals surface area contributed by atoms with Crippen molar-refractivity contribution < 1.29 is 14.3 Å². The van der Waals surface area contributed by atoms with Crippen molar-refractivity contribution in [2.45, 2.75) is 19.4 Å². The number of carbonyl (C=O) groups is 2. The van der Waals surface area contributed by atoms with E-state index in [9.17, 15) is 9.59 Å². The Labute approximate surface area is 152 Å². The van der Waals surface area contributed by atoms with Gasteiger partial charge >= 0.3 is 5.97 Å². The number of benzene rings is 2. The molecular weight excluding hydrogens is 328 g/mol. The van der Waals surface area contributed by atoms with E-state index in [1.54, 1.807) is 29.2 Å². The van der Waals surface area contributed by atoms with Crippen LogP contribution in [-0.2, 0) is 22.5 Å². The van der Waals surface area contributed by atoms with Crippen LogP contribution in [0.25, 0.3) is 0 Å². The molecule has 1 aliphatic heterocycles. The van der Waals surface area contributed by atoms with Crippen LogP contribution < -0.4 is 0 Å². The van der Waals surface area contributed by atoms with Crippen molar-refractivity contribution in [1.29, 1.82) is 5.26 Å². The van der Waals surface area contributed by atoms with Crippen LogP contribution in [0.15, 0.2) is 54.6 Å². The number of hydrogen-bond donors (Lipinski definition) is 0. The van der Waals surface area contributed by atoms with Gasteiger partial charge in [0, 0.05) is 25.4 Å². The van der Waals surface area contributed by atoms with E-state index < -0.39 is 5.97 Å². The summed E-state index contributed by atoms with van der Waals surface area (Å²) >= 11 is 0. The monoisotopic (exact) mass is 348 g/mol. The van der Waals surface area contributed by atoms with Crippen LogP contribution in [-0.4, -0.2) is 29.9 Å². The fourth-order valence-corrected chi connectivity index (χ4v) is 3.10. The summed E-state index contributed by atoms with van der Waals surface area (Å²) in [7, 11) is 0. The number of nitrogens with zero attached hydrogens (tertiary/aromatic N) is 2. The molecule has 0 N–H and O–H groups in total. The first-order valence-corrected chi connectivity index (χ1v) is 8.60. The molecule has 0 bridgehead atoms. The largest absolute Gasteiger partial charge is 0.462 e. The molecule has 0 spiro atoms. The number of rotatable bonds is 6. The fraction of sp³-hybridized carbons (Fsp3) is 0.286. The fourth-order valence-electron chi connectivity index (χ4n) is 3.10. The first-order chi connectivity index (χ1) is 12.7. The third-order valence-corrected chi connectivity index (χ3v) is 4.41. The summed E-state index contributed by atoms with van der Waals surface area (Å²) in [6, 6.07) is 18.8. The Morgan fingerprint density at radius 2 is 1.92 bits per heavy atom. The smallest absolute Gasteiger partial charge is 0.338 e. The number of ether oxygens (including phenoxy) is 1. The Morgan fingerprint density at radius 3 is 2.69 bits per heavy atom. The SMILES string of the molecule is N#CCc1cccc(C(=O)OC[C@H]2CC(=O)N(Cc3ccccc3)C2)c1. The van der Waals surface area contributed by atoms with Gasteiger partial charge in [-0.3, -0.25) is 4.79 Å². The van der Waals surface area contributed by atoms with Gasteiger partial charge in [-0.2, -0.15) is 5.26 Å². The zero-order valence-electron chi connectivity index (χ0n) is 14.4. The standard InChI is InChI=1S/C21H20N2O3/c22-10-9-16-7-4-8-19(11-16)21(25)26-15-18-12-20(24)23(14-18)13-17-5-2-1-3-6-17/h1-8,11,18H,9,12-15H2/t18-/m0/s1. The van der Waals surface area contributed by atoms with Gasteiger partial charge in [0.1, 0.15) is 0 Å². The summed E-state index contributed by atoms with van der Waals surface area (Å²) in [6.07, 6.45) is 0.654. The Morgan fingerprint density at radius 1 is 1.15 bits per heavy atom. The third kappa shape index (κ3) is 4.48. The molecule has 5 nitrogen and oxygen atoms in total. The van der Waals surface area contributed by atoms with Gasteiger partial charge in [-0.05, 0) is 23.3 Å². The van der Waals surface area contributed by atoms with Crippen LogP contribution in [0.4, 0.5) is 0 Å². The van der Waals surface area contributed by atoms with Gasteiger partial charge in [0.2, 0.25) is 5.91 Å². The summed E-state index contributed by atoms with van der Waals surface area (Å²) in [4.78, 5) is 26.2. The summed E-state index contributed by atoms with van der Waals surface area (Å²) in [6.45, 7) is 1.40. The van der Waals surface area contributed by atoms with Crippen LogP contribution in [0.3, 0.4) is 0 Å². The van der Waals surface area contributed by atoms with E-state index >= 15 is 0 Å². The molecule has 1 heterocycles. The van der Waals surface area contributed by atoms with Crippen molar-refractivity contribution in [3.05, 3.63) is 71.3 Å². The van der Waals surface area contributed by atoms with Crippen molar-refractivity contribution in [2.75, 3.05) is 13.2 Å². The molecule has 1 aliphatic rings. The zero-order chi connectivity index (χ0) is 18.4. The molecule has 1 amide bonds. The lowest BCUT2D eigenvalue weighted by Gasteiger charge is -2.16. The maximum Gasteiger partial charge on any atom is 0.338 e. The van der Waals surface area contributed by atoms with Crippen LogP contribution in [0, 0.1) is 17.2 Å². The number of hydrogen-bond acceptors (Lipinski definition) is 4. The maximum atomic E-state index is 12.2. The molecule has 0 aromatic heterocycles. The van der Waals surface area contributed by atoms with Gasteiger partial charge in [0.05, 0.1) is 24.7 Å². The lowest BCUT2D eigenvalue weighted by Crippen LogP contribution is -2.25. The third-order valence-electron chi connectivity index (χ3n) is 4.41. The Kier molecular flexibility index (Phi) is 5.65. The van der Waals surface area contributed by atoms with Crippen LogP contribution in [0.5, 0.6) is 0 Å². The molecule has 5 heteroatoms. The molecule has 0 radical (unpaired) electrons. The van der Waals surface area contributed by atoms with Gasteiger partial charge in [0.25, 0.3) is 0 Å². The van der Waals surface area contributed by atoms with Crippen molar-refractivity contribution in [3.8, 4) is 6.07 Å². The molecule has 0 saturated carbocycles. The summed E-state index contributed by atoms with van der Waals surface area (Å²) in [5.74, 6) is -0.317. The zero-order valence-corrected chi connectivity index (χ0v) is 14.4. The van der Waals surface area contributed by atoms with Gasteiger partial charge in [-0.1, -0.05) is 42.5 Å². The Bertz CT molecular complexity index is 827. The number of esters is 1. The Balaban J connectivity index is 1.52. The van der Waals surface area contributed by atoms with E-state index in [0.717, 1.165) is 11.1 Å². The number of amides is 1. The maximum absolute atomic E-state index is 12.2. The molecule has 0 aliphatic carbocycles. The normalized spacial score (nSPS) is 16.3. The van der Waals surface area contributed by atoms with Gasteiger partial charge in [0.15, 0.2) is 0 Å². The first-order valence-electron chi connectivity index (χ1n) is 8.60. The number of likely N-dealkylation sites (tertiary alicyclic amines) is 1. The average Bonchev–Trinajstić information content (AvgIpc) is 3.00. The molecule has 0 unspecified atom stereocenters. The minimum absolute atomic E-state index is 0.0115. The van der Waals surface area contributed by atoms with E-state index in [1.165, 1.54) is 0 Å². The second-order valence-electron chi connectivity index (χ2n) is 6.46. The molecule has 1 fully saturated rings. The molecule has 1 atom stereocenters. The predicted molar refractivity (Wildman–Crippen MR) is 96.0 cm³/mol. The molecule has 3 rings (SSSR count). The van der Waals surface area contributed by atoms with Crippen molar-refractivity contribution in [3.63, 3.8) is 0 Å². The minimum Gasteiger partial charge on any atom is -0.462 e. The number of carbonyl (C=O) groups excluding carboxylic acids is 2. The highest BCUT2D eigenvalue weighted by molar-refractivity contribution is 5.89. The van der Waals surface area contributed by atoms with Crippen LogP contribution >= 0.6 is 0 Å². The molecule has 1 saturated heterocycles. The van der Waals surface area contributed by atoms with Gasteiger partial charge in [-0.15, -0.1) is 0 Å². The van der Waals surface area contributed by atoms with Gasteiger partial charge < -0.3 is 9.64 Å². The average molecular weight is 348 g/mol. The summed E-state index contributed by atoms with van der Waals surface area (Å²) < 4.78 is 5.39. The van der Waals surface area contributed by atoms with E-state index in [2.05, 4.69) is 6.07 Å². The summed E-state index contributed by atoms with van der Waals surface area (Å²) in [5, 5.41) is 8.75. The second kappa shape index (κ2) is 8.30. The summed E-state index contributed by atoms with van der Waals surface area (Å²) in [5.41, 5.74) is 2.31. The quantitative estimate of drug-likeness (QED) is 0.753. The molecule has 26 heavy (non-hydrogen) atoms. The van der Waals surface area contributed by atoms with Crippen LogP contribution in [0.2, 0.25) is 0 Å². The van der Waals surface area contributed by atoms with E-state index in [0.29, 0.717) is 25.1 Å². The minimum atomic E-state index is -0.418. The molecule has 132 valence electrons.